The summed E-state index contributed by atoms with van der Waals surface area (Å²) in [6.07, 6.45) is -0.633. The highest BCUT2D eigenvalue weighted by atomic mass is 16.5. The second-order valence-electron chi connectivity index (χ2n) is 3.57. The molecule has 0 saturated heterocycles. The molecule has 1 unspecified atom stereocenters. The van der Waals surface area contributed by atoms with Crippen molar-refractivity contribution in [1.29, 1.82) is 0 Å². The van der Waals surface area contributed by atoms with Gasteiger partial charge >= 0.3 is 5.97 Å². The van der Waals surface area contributed by atoms with Gasteiger partial charge < -0.3 is 19.8 Å². The largest absolute Gasteiger partial charge is 0.476 e. The van der Waals surface area contributed by atoms with Crippen molar-refractivity contribution in [2.75, 3.05) is 32.2 Å². The van der Waals surface area contributed by atoms with E-state index in [-0.39, 0.29) is 12.3 Å². The lowest BCUT2D eigenvalue weighted by atomic mass is 10.3. The molecule has 0 radical (unpaired) electrons. The van der Waals surface area contributed by atoms with Crippen LogP contribution in [0.1, 0.15) is 10.5 Å². The van der Waals surface area contributed by atoms with Gasteiger partial charge in [0.25, 0.3) is 0 Å². The zero-order valence-electron chi connectivity index (χ0n) is 9.70. The number of ether oxygens (including phenoxy) is 1. The average Bonchev–Trinajstić information content (AvgIpc) is 2.29. The lowest BCUT2D eigenvalue weighted by Gasteiger charge is -2.20. The smallest absolute Gasteiger partial charge is 0.356 e. The summed E-state index contributed by atoms with van der Waals surface area (Å²) in [6.45, 7) is 0.555. The highest BCUT2D eigenvalue weighted by Crippen LogP contribution is 2.08. The van der Waals surface area contributed by atoms with Gasteiger partial charge in [0, 0.05) is 20.7 Å². The van der Waals surface area contributed by atoms with E-state index < -0.39 is 12.1 Å². The van der Waals surface area contributed by atoms with E-state index in [1.165, 1.54) is 19.2 Å². The van der Waals surface area contributed by atoms with Crippen molar-refractivity contribution < 1.29 is 19.7 Å². The number of carboxylic acids is 1. The van der Waals surface area contributed by atoms with Crippen LogP contribution in [0.2, 0.25) is 0 Å². The minimum atomic E-state index is -1.12. The molecule has 0 aliphatic carbocycles. The molecule has 1 aromatic heterocycles. The number of anilines is 1. The number of carboxylic acid groups (broad SMARTS) is 1. The molecule has 94 valence electrons. The maximum atomic E-state index is 10.6. The number of hydrogen-bond acceptors (Lipinski definition) is 6. The Morgan fingerprint density at radius 2 is 2.24 bits per heavy atom. The molecule has 1 rings (SSSR count). The fraction of sp³-hybridized carbons (Fsp3) is 0.500. The molecule has 0 aromatic carbocycles. The van der Waals surface area contributed by atoms with E-state index in [2.05, 4.69) is 10.2 Å². The predicted molar refractivity (Wildman–Crippen MR) is 60.1 cm³/mol. The quantitative estimate of drug-likeness (QED) is 0.700. The fourth-order valence-electron chi connectivity index (χ4n) is 1.30. The molecule has 7 heteroatoms. The summed E-state index contributed by atoms with van der Waals surface area (Å²) in [5.41, 5.74) is -0.111. The van der Waals surface area contributed by atoms with Crippen LogP contribution < -0.4 is 4.90 Å². The number of nitrogens with zero attached hydrogens (tertiary/aromatic N) is 3. The van der Waals surface area contributed by atoms with E-state index in [4.69, 9.17) is 9.84 Å². The van der Waals surface area contributed by atoms with Gasteiger partial charge in [-0.1, -0.05) is 0 Å². The molecule has 0 spiro atoms. The molecule has 0 bridgehead atoms. The Morgan fingerprint density at radius 1 is 1.53 bits per heavy atom. The normalized spacial score (nSPS) is 12.2. The first kappa shape index (κ1) is 13.3. The van der Waals surface area contributed by atoms with Crippen LogP contribution in [0.3, 0.4) is 0 Å². The van der Waals surface area contributed by atoms with Gasteiger partial charge in [0.05, 0.1) is 12.7 Å². The predicted octanol–water partition coefficient (Wildman–Crippen LogP) is -0.382. The summed E-state index contributed by atoms with van der Waals surface area (Å²) in [6, 6.07) is 2.90. The van der Waals surface area contributed by atoms with Crippen LogP contribution in [0.5, 0.6) is 0 Å². The SMILES string of the molecule is COCC(O)CN(C)c1ccc(C(=O)O)nn1. The van der Waals surface area contributed by atoms with Gasteiger partial charge in [-0.15, -0.1) is 10.2 Å². The third-order valence-corrected chi connectivity index (χ3v) is 2.10. The summed E-state index contributed by atoms with van der Waals surface area (Å²) >= 11 is 0. The molecule has 0 aliphatic heterocycles. The molecule has 0 amide bonds. The van der Waals surface area contributed by atoms with Crippen LogP contribution >= 0.6 is 0 Å². The van der Waals surface area contributed by atoms with Gasteiger partial charge in [-0.3, -0.25) is 0 Å². The van der Waals surface area contributed by atoms with E-state index in [1.54, 1.807) is 11.9 Å². The molecule has 1 heterocycles. The zero-order chi connectivity index (χ0) is 12.8. The Balaban J connectivity index is 2.63. The molecule has 0 fully saturated rings. The second kappa shape index (κ2) is 6.12. The van der Waals surface area contributed by atoms with Crippen LogP contribution in [-0.4, -0.2) is 59.8 Å². The van der Waals surface area contributed by atoms with Gasteiger partial charge in [0.1, 0.15) is 0 Å². The van der Waals surface area contributed by atoms with Crippen molar-refractivity contribution in [3.05, 3.63) is 17.8 Å². The fourth-order valence-corrected chi connectivity index (χ4v) is 1.30. The van der Waals surface area contributed by atoms with E-state index >= 15 is 0 Å². The van der Waals surface area contributed by atoms with Crippen LogP contribution in [0.25, 0.3) is 0 Å². The maximum Gasteiger partial charge on any atom is 0.356 e. The first-order valence-electron chi connectivity index (χ1n) is 4.99. The third-order valence-electron chi connectivity index (χ3n) is 2.10. The van der Waals surface area contributed by atoms with Crippen LogP contribution in [0.4, 0.5) is 5.82 Å². The highest BCUT2D eigenvalue weighted by molar-refractivity contribution is 5.85. The average molecular weight is 241 g/mol. The summed E-state index contributed by atoms with van der Waals surface area (Å²) in [5.74, 6) is -0.628. The molecule has 2 N–H and O–H groups in total. The number of hydrogen-bond donors (Lipinski definition) is 2. The number of methoxy groups -OCH3 is 1. The second-order valence-corrected chi connectivity index (χ2v) is 3.57. The van der Waals surface area contributed by atoms with E-state index in [0.717, 1.165) is 0 Å². The number of likely N-dealkylation sites (N-methyl/N-ethyl adjacent to an activating group) is 1. The maximum absolute atomic E-state index is 10.6. The number of aliphatic hydroxyl groups excluding tert-OH is 1. The van der Waals surface area contributed by atoms with Crippen LogP contribution in [-0.2, 0) is 4.74 Å². The first-order valence-corrected chi connectivity index (χ1v) is 4.99. The first-order chi connectivity index (χ1) is 8.04. The van der Waals surface area contributed by atoms with Gasteiger partial charge in [-0.05, 0) is 12.1 Å². The van der Waals surface area contributed by atoms with E-state index in [0.29, 0.717) is 12.4 Å². The lowest BCUT2D eigenvalue weighted by molar-refractivity contribution is 0.0684. The Labute approximate surface area is 98.7 Å². The Kier molecular flexibility index (Phi) is 4.80. The number of carbonyl (C=O) groups is 1. The number of aromatic carboxylic acids is 1. The number of rotatable bonds is 6. The third kappa shape index (κ3) is 3.97. The molecular weight excluding hydrogens is 226 g/mol. The molecule has 1 atom stereocenters. The minimum absolute atomic E-state index is 0.111. The molecule has 1 aromatic rings. The van der Waals surface area contributed by atoms with Gasteiger partial charge in [-0.25, -0.2) is 4.79 Å². The summed E-state index contributed by atoms with van der Waals surface area (Å²) in [7, 11) is 3.23. The highest BCUT2D eigenvalue weighted by Gasteiger charge is 2.11. The van der Waals surface area contributed by atoms with Crippen molar-refractivity contribution in [3.63, 3.8) is 0 Å². The van der Waals surface area contributed by atoms with E-state index in [1.807, 2.05) is 0 Å². The van der Waals surface area contributed by atoms with Crippen molar-refractivity contribution >= 4 is 11.8 Å². The number of aromatic nitrogens is 2. The van der Waals surface area contributed by atoms with Crippen molar-refractivity contribution in [1.82, 2.24) is 10.2 Å². The number of aliphatic hydroxyl groups is 1. The molecule has 0 aliphatic rings. The molecule has 7 nitrogen and oxygen atoms in total. The standard InChI is InChI=1S/C10H15N3O4/c1-13(5-7(14)6-17-2)9-4-3-8(10(15)16)11-12-9/h3-4,7,14H,5-6H2,1-2H3,(H,15,16). The molecule has 17 heavy (non-hydrogen) atoms. The van der Waals surface area contributed by atoms with Crippen LogP contribution in [0, 0.1) is 0 Å². The van der Waals surface area contributed by atoms with Crippen molar-refractivity contribution in [2.45, 2.75) is 6.10 Å². The summed E-state index contributed by atoms with van der Waals surface area (Å²) in [5, 5.41) is 25.5. The monoisotopic (exact) mass is 241 g/mol. The molecule has 0 saturated carbocycles. The van der Waals surface area contributed by atoms with Crippen molar-refractivity contribution in [2.24, 2.45) is 0 Å². The molecular formula is C10H15N3O4. The minimum Gasteiger partial charge on any atom is -0.476 e. The van der Waals surface area contributed by atoms with Gasteiger partial charge in [0.15, 0.2) is 11.5 Å². The zero-order valence-corrected chi connectivity index (χ0v) is 9.70. The Morgan fingerprint density at radius 3 is 2.71 bits per heavy atom. The van der Waals surface area contributed by atoms with Gasteiger partial charge in [-0.2, -0.15) is 0 Å². The summed E-state index contributed by atoms with van der Waals surface area (Å²) < 4.78 is 4.80. The topological polar surface area (TPSA) is 95.8 Å². The van der Waals surface area contributed by atoms with Gasteiger partial charge in [0.2, 0.25) is 0 Å². The van der Waals surface area contributed by atoms with E-state index in [9.17, 15) is 9.90 Å². The Hall–Kier alpha value is -1.73. The summed E-state index contributed by atoms with van der Waals surface area (Å²) in [4.78, 5) is 12.2. The lowest BCUT2D eigenvalue weighted by Crippen LogP contribution is -2.32. The van der Waals surface area contributed by atoms with Crippen LogP contribution in [0.15, 0.2) is 12.1 Å². The van der Waals surface area contributed by atoms with Crippen molar-refractivity contribution in [3.8, 4) is 0 Å². The Bertz CT molecular complexity index is 368.